The first-order chi connectivity index (χ1) is 14.7. The van der Waals surface area contributed by atoms with Gasteiger partial charge in [0.15, 0.2) is 11.8 Å². The number of rotatable bonds is 16. The molecule has 0 aromatic carbocycles. The molecule has 0 radical (unpaired) electrons. The summed E-state index contributed by atoms with van der Waals surface area (Å²) >= 11 is 0. The van der Waals surface area contributed by atoms with Gasteiger partial charge in [-0.2, -0.15) is 0 Å². The van der Waals surface area contributed by atoms with Crippen LogP contribution in [0.4, 0.5) is 0 Å². The fourth-order valence-electron chi connectivity index (χ4n) is 5.22. The van der Waals surface area contributed by atoms with Crippen LogP contribution in [0.25, 0.3) is 0 Å². The number of unbranched alkanes of at least 4 members (excludes halogenated alkanes) is 12. The minimum absolute atomic E-state index is 0.311. The molecule has 2 N–H and O–H groups in total. The lowest BCUT2D eigenvalue weighted by atomic mass is 10.0. The second-order valence-electron chi connectivity index (χ2n) is 9.40. The monoisotopic (exact) mass is 413 g/mol. The molecular weight excluding hydrogens is 370 g/mol. The van der Waals surface area contributed by atoms with E-state index in [-0.39, 0.29) is 0 Å². The Morgan fingerprint density at radius 2 is 1.20 bits per heavy atom. The van der Waals surface area contributed by atoms with Crippen LogP contribution in [0.5, 0.6) is 11.8 Å². The number of hydrogen-bond acceptors (Lipinski definition) is 2. The van der Waals surface area contributed by atoms with Crippen LogP contribution in [-0.2, 0) is 6.54 Å². The molecular formula is C27H43NO2. The van der Waals surface area contributed by atoms with E-state index >= 15 is 0 Å². The predicted octanol–water partition coefficient (Wildman–Crippen LogP) is 8.08. The van der Waals surface area contributed by atoms with E-state index in [2.05, 4.69) is 31.2 Å². The Labute approximate surface area is 183 Å². The molecule has 1 aromatic heterocycles. The zero-order chi connectivity index (χ0) is 21.2. The highest BCUT2D eigenvalue weighted by atomic mass is 16.3. The summed E-state index contributed by atoms with van der Waals surface area (Å²) in [6.45, 7) is 3.00. The van der Waals surface area contributed by atoms with Crippen LogP contribution in [-0.4, -0.2) is 14.8 Å². The highest BCUT2D eigenvalue weighted by Gasteiger charge is 2.40. The zero-order valence-corrected chi connectivity index (χ0v) is 19.1. The van der Waals surface area contributed by atoms with Crippen molar-refractivity contribution in [3.05, 3.63) is 35.4 Å². The van der Waals surface area contributed by atoms with Gasteiger partial charge in [-0.05, 0) is 38.5 Å². The van der Waals surface area contributed by atoms with Crippen molar-refractivity contribution in [2.75, 3.05) is 0 Å². The second-order valence-corrected chi connectivity index (χ2v) is 9.40. The zero-order valence-electron chi connectivity index (χ0n) is 19.1. The molecule has 0 fully saturated rings. The average molecular weight is 414 g/mol. The molecule has 3 rings (SSSR count). The van der Waals surface area contributed by atoms with Crippen LogP contribution in [0.1, 0.15) is 126 Å². The quantitative estimate of drug-likeness (QED) is 0.212. The molecule has 168 valence electrons. The number of aromatic nitrogens is 1. The van der Waals surface area contributed by atoms with Crippen LogP contribution in [0.3, 0.4) is 0 Å². The summed E-state index contributed by atoms with van der Waals surface area (Å²) in [6.07, 6.45) is 28.3. The highest BCUT2D eigenvalue weighted by molar-refractivity contribution is 5.58. The minimum Gasteiger partial charge on any atom is -0.494 e. The van der Waals surface area contributed by atoms with Gasteiger partial charge in [0.2, 0.25) is 0 Å². The predicted molar refractivity (Wildman–Crippen MR) is 126 cm³/mol. The van der Waals surface area contributed by atoms with E-state index in [0.29, 0.717) is 23.6 Å². The molecule has 1 aromatic rings. The normalized spacial score (nSPS) is 19.4. The molecule has 0 saturated heterocycles. The fourth-order valence-corrected chi connectivity index (χ4v) is 5.22. The van der Waals surface area contributed by atoms with Crippen molar-refractivity contribution in [2.45, 2.75) is 122 Å². The van der Waals surface area contributed by atoms with Crippen LogP contribution in [0.15, 0.2) is 24.3 Å². The highest BCUT2D eigenvalue weighted by Crippen LogP contribution is 2.56. The molecule has 30 heavy (non-hydrogen) atoms. The maximum Gasteiger partial charge on any atom is 0.198 e. The largest absolute Gasteiger partial charge is 0.494 e. The first-order valence-corrected chi connectivity index (χ1v) is 12.7. The smallest absolute Gasteiger partial charge is 0.198 e. The van der Waals surface area contributed by atoms with Gasteiger partial charge in [-0.15, -0.1) is 0 Å². The summed E-state index contributed by atoms with van der Waals surface area (Å²) in [4.78, 5) is 0. The Balaban J connectivity index is 1.18. The van der Waals surface area contributed by atoms with E-state index in [4.69, 9.17) is 0 Å². The van der Waals surface area contributed by atoms with Crippen LogP contribution < -0.4 is 0 Å². The molecule has 2 bridgehead atoms. The topological polar surface area (TPSA) is 45.4 Å². The number of fused-ring (bicyclic) bond motifs is 5. The van der Waals surface area contributed by atoms with Crippen molar-refractivity contribution < 1.29 is 10.2 Å². The van der Waals surface area contributed by atoms with Gasteiger partial charge in [0.1, 0.15) is 0 Å². The number of aromatic hydroxyl groups is 2. The Morgan fingerprint density at radius 1 is 0.733 bits per heavy atom. The number of allylic oxidation sites excluding steroid dienone is 4. The fraction of sp³-hybridized carbons (Fsp3) is 0.704. The van der Waals surface area contributed by atoms with Gasteiger partial charge in [0.05, 0.1) is 0 Å². The lowest BCUT2D eigenvalue weighted by molar-refractivity contribution is 0.355. The van der Waals surface area contributed by atoms with E-state index in [1.165, 1.54) is 77.0 Å². The van der Waals surface area contributed by atoms with Gasteiger partial charge in [0.25, 0.3) is 0 Å². The summed E-state index contributed by atoms with van der Waals surface area (Å²) < 4.78 is 1.74. The molecule has 2 atom stereocenters. The number of hydrogen-bond donors (Lipinski definition) is 2. The maximum absolute atomic E-state index is 10.5. The first kappa shape index (κ1) is 23.0. The Morgan fingerprint density at radius 3 is 1.73 bits per heavy atom. The van der Waals surface area contributed by atoms with E-state index in [1.807, 2.05) is 0 Å². The molecule has 3 heteroatoms. The second kappa shape index (κ2) is 12.3. The molecule has 0 saturated carbocycles. The minimum atomic E-state index is 0.311. The Bertz CT molecular complexity index is 665. The number of nitrogens with zero attached hydrogens (tertiary/aromatic N) is 1. The van der Waals surface area contributed by atoms with Gasteiger partial charge in [-0.3, -0.25) is 4.57 Å². The summed E-state index contributed by atoms with van der Waals surface area (Å²) in [5.41, 5.74) is 1.98. The van der Waals surface area contributed by atoms with Crippen molar-refractivity contribution in [2.24, 2.45) is 0 Å². The van der Waals surface area contributed by atoms with Crippen LogP contribution >= 0.6 is 0 Å². The average Bonchev–Trinajstić information content (AvgIpc) is 3.43. The maximum atomic E-state index is 10.5. The summed E-state index contributed by atoms with van der Waals surface area (Å²) in [6, 6.07) is 0. The SMILES string of the molecule is CCCCCCCCCC=CCCCCCCCn1c(O)c2c(c1O)C1C=CC2C1. The standard InChI is InChI=1S/C27H43NO2/c1-2-3-4-5-6-7-8-9-10-11-12-13-14-15-16-17-20-28-26(29)24-22-18-19-23(21-22)25(24)27(28)30/h10-11,18-19,22-23,29-30H,2-9,12-17,20-21H2,1H3. The van der Waals surface area contributed by atoms with Gasteiger partial charge in [-0.25, -0.2) is 0 Å². The van der Waals surface area contributed by atoms with Crippen molar-refractivity contribution >= 4 is 0 Å². The third-order valence-corrected chi connectivity index (χ3v) is 7.00. The van der Waals surface area contributed by atoms with Crippen LogP contribution in [0, 0.1) is 0 Å². The van der Waals surface area contributed by atoms with Crippen molar-refractivity contribution in [3.63, 3.8) is 0 Å². The summed E-state index contributed by atoms with van der Waals surface area (Å²) in [5.74, 6) is 1.25. The molecule has 0 spiro atoms. The molecule has 0 aliphatic heterocycles. The van der Waals surface area contributed by atoms with Gasteiger partial charge in [-0.1, -0.05) is 89.0 Å². The van der Waals surface area contributed by atoms with Crippen molar-refractivity contribution in [3.8, 4) is 11.8 Å². The van der Waals surface area contributed by atoms with Gasteiger partial charge < -0.3 is 10.2 Å². The van der Waals surface area contributed by atoms with E-state index in [1.54, 1.807) is 4.57 Å². The summed E-state index contributed by atoms with van der Waals surface area (Å²) in [5, 5.41) is 21.1. The van der Waals surface area contributed by atoms with E-state index in [0.717, 1.165) is 36.9 Å². The molecule has 2 aliphatic rings. The Hall–Kier alpha value is -1.64. The van der Waals surface area contributed by atoms with Crippen molar-refractivity contribution in [1.29, 1.82) is 0 Å². The lowest BCUT2D eigenvalue weighted by Gasteiger charge is -2.09. The van der Waals surface area contributed by atoms with Gasteiger partial charge >= 0.3 is 0 Å². The molecule has 1 heterocycles. The van der Waals surface area contributed by atoms with Crippen LogP contribution in [0.2, 0.25) is 0 Å². The van der Waals surface area contributed by atoms with Gasteiger partial charge in [0, 0.05) is 29.5 Å². The third kappa shape index (κ3) is 5.95. The molecule has 0 amide bonds. The van der Waals surface area contributed by atoms with Crippen molar-refractivity contribution in [1.82, 2.24) is 4.57 Å². The summed E-state index contributed by atoms with van der Waals surface area (Å²) in [7, 11) is 0. The Kier molecular flexibility index (Phi) is 9.42. The lowest BCUT2D eigenvalue weighted by Crippen LogP contribution is -1.99. The molecule has 3 nitrogen and oxygen atoms in total. The molecule has 2 unspecified atom stereocenters. The third-order valence-electron chi connectivity index (χ3n) is 7.00. The van der Waals surface area contributed by atoms with E-state index in [9.17, 15) is 10.2 Å². The van der Waals surface area contributed by atoms with E-state index < -0.39 is 0 Å². The first-order valence-electron chi connectivity index (χ1n) is 12.7. The molecule has 2 aliphatic carbocycles.